The van der Waals surface area contributed by atoms with Gasteiger partial charge in [-0.2, -0.15) is 0 Å². The second-order valence-electron chi connectivity index (χ2n) is 5.11. The molecule has 2 atom stereocenters. The smallest absolute Gasteiger partial charge is 0.0904 e. The van der Waals surface area contributed by atoms with Gasteiger partial charge in [-0.25, -0.2) is 0 Å². The molecular formula is C16H12Cl3NO. The topological polar surface area (TPSA) is 32.6 Å². The van der Waals surface area contributed by atoms with Gasteiger partial charge in [0.25, 0.3) is 0 Å². The van der Waals surface area contributed by atoms with E-state index in [-0.39, 0.29) is 11.8 Å². The van der Waals surface area contributed by atoms with E-state index < -0.39 is 0 Å². The molecule has 0 aromatic heterocycles. The van der Waals surface area contributed by atoms with Crippen molar-refractivity contribution < 1.29 is 5.21 Å². The van der Waals surface area contributed by atoms with Crippen molar-refractivity contribution in [1.82, 2.24) is 0 Å². The molecule has 108 valence electrons. The minimum Gasteiger partial charge on any atom is -0.411 e. The standard InChI is InChI=1S/C16H12Cl3NO/c17-10-3-1-9(2-4-10)16(20-21)14-8-13(14)12-6-5-11(18)7-15(12)19/h1-7,13-14,21H,8H2. The van der Waals surface area contributed by atoms with E-state index >= 15 is 0 Å². The highest BCUT2D eigenvalue weighted by molar-refractivity contribution is 6.35. The van der Waals surface area contributed by atoms with Crippen LogP contribution in [0.5, 0.6) is 0 Å². The third kappa shape index (κ3) is 3.03. The number of nitrogens with zero attached hydrogens (tertiary/aromatic N) is 1. The highest BCUT2D eigenvalue weighted by Gasteiger charge is 2.43. The fraction of sp³-hybridized carbons (Fsp3) is 0.188. The van der Waals surface area contributed by atoms with Crippen LogP contribution in [0.3, 0.4) is 0 Å². The Bertz CT molecular complexity index is 697. The summed E-state index contributed by atoms with van der Waals surface area (Å²) in [5.74, 6) is 0.422. The van der Waals surface area contributed by atoms with E-state index in [0.29, 0.717) is 20.8 Å². The fourth-order valence-corrected chi connectivity index (χ4v) is 3.28. The van der Waals surface area contributed by atoms with E-state index in [2.05, 4.69) is 5.16 Å². The predicted octanol–water partition coefficient (Wildman–Crippen LogP) is 5.63. The van der Waals surface area contributed by atoms with Crippen LogP contribution < -0.4 is 0 Å². The SMILES string of the molecule is ON=C(c1ccc(Cl)cc1)C1CC1c1ccc(Cl)cc1Cl. The summed E-state index contributed by atoms with van der Waals surface area (Å²) in [5, 5.41) is 14.7. The second kappa shape index (κ2) is 5.88. The maximum absolute atomic E-state index is 9.34. The maximum atomic E-state index is 9.34. The zero-order valence-electron chi connectivity index (χ0n) is 10.9. The summed E-state index contributed by atoms with van der Waals surface area (Å²) >= 11 is 18.0. The fourth-order valence-electron chi connectivity index (χ4n) is 2.61. The number of hydrogen-bond donors (Lipinski definition) is 1. The van der Waals surface area contributed by atoms with Gasteiger partial charge in [0, 0.05) is 21.0 Å². The van der Waals surface area contributed by atoms with E-state index in [1.54, 1.807) is 18.2 Å². The van der Waals surface area contributed by atoms with Gasteiger partial charge in [0.15, 0.2) is 0 Å². The van der Waals surface area contributed by atoms with Crippen molar-refractivity contribution >= 4 is 40.5 Å². The number of benzene rings is 2. The Morgan fingerprint density at radius 2 is 1.67 bits per heavy atom. The van der Waals surface area contributed by atoms with E-state index in [1.807, 2.05) is 24.3 Å². The van der Waals surface area contributed by atoms with Crippen LogP contribution in [0.25, 0.3) is 0 Å². The van der Waals surface area contributed by atoms with E-state index in [0.717, 1.165) is 17.5 Å². The molecule has 2 aromatic carbocycles. The lowest BCUT2D eigenvalue weighted by Crippen LogP contribution is -2.05. The van der Waals surface area contributed by atoms with Crippen LogP contribution in [0, 0.1) is 5.92 Å². The van der Waals surface area contributed by atoms with Gasteiger partial charge in [-0.15, -0.1) is 0 Å². The Hall–Kier alpha value is -1.22. The average molecular weight is 341 g/mol. The van der Waals surface area contributed by atoms with Gasteiger partial charge in [0.1, 0.15) is 0 Å². The normalized spacial score (nSPS) is 21.4. The van der Waals surface area contributed by atoms with Gasteiger partial charge >= 0.3 is 0 Å². The number of halogens is 3. The molecule has 0 amide bonds. The lowest BCUT2D eigenvalue weighted by atomic mass is 10.0. The van der Waals surface area contributed by atoms with Crippen molar-refractivity contribution in [2.45, 2.75) is 12.3 Å². The lowest BCUT2D eigenvalue weighted by molar-refractivity contribution is 0.317. The third-order valence-corrected chi connectivity index (χ3v) is 4.57. The number of hydrogen-bond acceptors (Lipinski definition) is 2. The van der Waals surface area contributed by atoms with Crippen molar-refractivity contribution in [1.29, 1.82) is 0 Å². The molecule has 1 aliphatic rings. The van der Waals surface area contributed by atoms with Crippen molar-refractivity contribution in [2.24, 2.45) is 11.1 Å². The highest BCUT2D eigenvalue weighted by atomic mass is 35.5. The summed E-state index contributed by atoms with van der Waals surface area (Å²) in [6, 6.07) is 12.8. The molecule has 1 N–H and O–H groups in total. The average Bonchev–Trinajstić information content (AvgIpc) is 3.22. The van der Waals surface area contributed by atoms with E-state index in [9.17, 15) is 5.21 Å². The van der Waals surface area contributed by atoms with Crippen LogP contribution in [0.2, 0.25) is 15.1 Å². The summed E-state index contributed by atoms with van der Waals surface area (Å²) in [7, 11) is 0. The third-order valence-electron chi connectivity index (χ3n) is 3.75. The zero-order chi connectivity index (χ0) is 15.0. The van der Waals surface area contributed by atoms with Gasteiger partial charge in [-0.3, -0.25) is 0 Å². The van der Waals surface area contributed by atoms with E-state index in [4.69, 9.17) is 34.8 Å². The molecule has 2 nitrogen and oxygen atoms in total. The minimum absolute atomic E-state index is 0.162. The Morgan fingerprint density at radius 3 is 2.29 bits per heavy atom. The van der Waals surface area contributed by atoms with E-state index in [1.165, 1.54) is 0 Å². The van der Waals surface area contributed by atoms with Crippen molar-refractivity contribution in [3.05, 3.63) is 68.7 Å². The minimum atomic E-state index is 0.162. The van der Waals surface area contributed by atoms with Crippen LogP contribution in [-0.2, 0) is 0 Å². The first-order chi connectivity index (χ1) is 10.1. The molecule has 0 spiro atoms. The first-order valence-corrected chi connectivity index (χ1v) is 7.66. The molecule has 1 aliphatic carbocycles. The van der Waals surface area contributed by atoms with Gasteiger partial charge < -0.3 is 5.21 Å². The number of rotatable bonds is 3. The van der Waals surface area contributed by atoms with Gasteiger partial charge in [-0.05, 0) is 47.7 Å². The molecule has 5 heteroatoms. The molecule has 0 heterocycles. The van der Waals surface area contributed by atoms with Crippen LogP contribution in [-0.4, -0.2) is 10.9 Å². The highest BCUT2D eigenvalue weighted by Crippen LogP contribution is 2.51. The van der Waals surface area contributed by atoms with Crippen LogP contribution in [0.15, 0.2) is 47.6 Å². The van der Waals surface area contributed by atoms with Crippen LogP contribution >= 0.6 is 34.8 Å². The molecule has 2 unspecified atom stereocenters. The monoisotopic (exact) mass is 339 g/mol. The zero-order valence-corrected chi connectivity index (χ0v) is 13.2. The number of oxime groups is 1. The first-order valence-electron chi connectivity index (χ1n) is 6.53. The Balaban J connectivity index is 1.84. The lowest BCUT2D eigenvalue weighted by Gasteiger charge is -2.06. The summed E-state index contributed by atoms with van der Waals surface area (Å²) in [5.41, 5.74) is 2.59. The Kier molecular flexibility index (Phi) is 4.12. The molecular weight excluding hydrogens is 329 g/mol. The maximum Gasteiger partial charge on any atom is 0.0904 e. The predicted molar refractivity (Wildman–Crippen MR) is 87.1 cm³/mol. The summed E-state index contributed by atoms with van der Waals surface area (Å²) < 4.78 is 0. The quantitative estimate of drug-likeness (QED) is 0.438. The van der Waals surface area contributed by atoms with Crippen LogP contribution in [0.1, 0.15) is 23.5 Å². The molecule has 2 aromatic rings. The molecule has 0 aliphatic heterocycles. The molecule has 1 saturated carbocycles. The summed E-state index contributed by atoms with van der Waals surface area (Å²) in [6.07, 6.45) is 0.906. The molecule has 0 bridgehead atoms. The second-order valence-corrected chi connectivity index (χ2v) is 6.39. The van der Waals surface area contributed by atoms with Crippen molar-refractivity contribution in [2.75, 3.05) is 0 Å². The first kappa shape index (κ1) is 14.7. The summed E-state index contributed by atoms with van der Waals surface area (Å²) in [4.78, 5) is 0. The summed E-state index contributed by atoms with van der Waals surface area (Å²) in [6.45, 7) is 0. The van der Waals surface area contributed by atoms with Crippen molar-refractivity contribution in [3.63, 3.8) is 0 Å². The van der Waals surface area contributed by atoms with Gasteiger partial charge in [-0.1, -0.05) is 58.2 Å². The Labute approximate surface area is 137 Å². The molecule has 21 heavy (non-hydrogen) atoms. The van der Waals surface area contributed by atoms with Crippen molar-refractivity contribution in [3.8, 4) is 0 Å². The Morgan fingerprint density at radius 1 is 1.00 bits per heavy atom. The van der Waals surface area contributed by atoms with Gasteiger partial charge in [0.2, 0.25) is 0 Å². The molecule has 3 rings (SSSR count). The molecule has 0 radical (unpaired) electrons. The molecule has 0 saturated heterocycles. The van der Waals surface area contributed by atoms with Crippen LogP contribution in [0.4, 0.5) is 0 Å². The van der Waals surface area contributed by atoms with Gasteiger partial charge in [0.05, 0.1) is 5.71 Å². The largest absolute Gasteiger partial charge is 0.411 e. The molecule has 1 fully saturated rings.